The van der Waals surface area contributed by atoms with Gasteiger partial charge >= 0.3 is 0 Å². The molecule has 1 aliphatic heterocycles. The summed E-state index contributed by atoms with van der Waals surface area (Å²) in [6, 6.07) is 23.2. The van der Waals surface area contributed by atoms with Crippen molar-refractivity contribution in [2.24, 2.45) is 0 Å². The number of ketones is 1. The zero-order valence-corrected chi connectivity index (χ0v) is 19.9. The van der Waals surface area contributed by atoms with Crippen LogP contribution in [0.4, 0.5) is 5.69 Å². The van der Waals surface area contributed by atoms with E-state index < -0.39 is 17.7 Å². The van der Waals surface area contributed by atoms with E-state index in [0.717, 1.165) is 12.0 Å². The number of nitrogens with zero attached hydrogens (tertiary/aromatic N) is 1. The molecule has 0 bridgehead atoms. The van der Waals surface area contributed by atoms with E-state index in [-0.39, 0.29) is 17.8 Å². The van der Waals surface area contributed by atoms with E-state index in [0.29, 0.717) is 35.8 Å². The van der Waals surface area contributed by atoms with E-state index in [2.05, 4.69) is 0 Å². The van der Waals surface area contributed by atoms with Crippen molar-refractivity contribution < 1.29 is 24.2 Å². The summed E-state index contributed by atoms with van der Waals surface area (Å²) < 4.78 is 11.0. The molecule has 0 aromatic heterocycles. The van der Waals surface area contributed by atoms with Gasteiger partial charge in [-0.15, -0.1) is 0 Å². The lowest BCUT2D eigenvalue weighted by Crippen LogP contribution is -2.31. The molecule has 6 nitrogen and oxygen atoms in total. The Hall–Kier alpha value is -4.06. The number of Topliss-reactive ketones (excluding diaryl/α,β-unsaturated/α-hetero) is 1. The van der Waals surface area contributed by atoms with Gasteiger partial charge in [0.25, 0.3) is 5.91 Å². The first kappa shape index (κ1) is 24.1. The number of methoxy groups -OCH3 is 1. The highest BCUT2D eigenvalue weighted by Crippen LogP contribution is 2.42. The van der Waals surface area contributed by atoms with Crippen LogP contribution in [0.2, 0.25) is 0 Å². The third-order valence-corrected chi connectivity index (χ3v) is 5.99. The number of aryl methyl sites for hydroxylation is 1. The van der Waals surface area contributed by atoms with Crippen molar-refractivity contribution in [3.63, 3.8) is 0 Å². The number of hydrogen-bond donors (Lipinski definition) is 1. The molecule has 1 N–H and O–H groups in total. The standard InChI is InChI=1S/C29H29NO5/c1-3-18-35-23-15-13-21(14-16-23)27-26(25(31)17-12-20-8-5-4-6-9-20)28(32)29(33)30(27)22-10-7-11-24(19-22)34-2/h4-11,13-16,19,27,32H,3,12,17-18H2,1-2H3. The first-order valence-corrected chi connectivity index (χ1v) is 11.7. The average Bonchev–Trinajstić information content (AvgIpc) is 3.17. The Morgan fingerprint density at radius 3 is 2.40 bits per heavy atom. The van der Waals surface area contributed by atoms with Crippen LogP contribution in [0, 0.1) is 0 Å². The van der Waals surface area contributed by atoms with E-state index in [1.807, 2.05) is 61.5 Å². The lowest BCUT2D eigenvalue weighted by molar-refractivity contribution is -0.118. The summed E-state index contributed by atoms with van der Waals surface area (Å²) >= 11 is 0. The Bertz CT molecular complexity index is 1220. The number of carbonyl (C=O) groups is 2. The molecule has 0 saturated carbocycles. The molecular formula is C29H29NO5. The molecule has 1 unspecified atom stereocenters. The number of aliphatic hydroxyl groups excluding tert-OH is 1. The van der Waals surface area contributed by atoms with Gasteiger partial charge in [-0.3, -0.25) is 14.5 Å². The highest BCUT2D eigenvalue weighted by Gasteiger charge is 2.44. The molecule has 0 spiro atoms. The molecule has 1 atom stereocenters. The van der Waals surface area contributed by atoms with E-state index >= 15 is 0 Å². The van der Waals surface area contributed by atoms with E-state index in [4.69, 9.17) is 9.47 Å². The molecule has 180 valence electrons. The highest BCUT2D eigenvalue weighted by molar-refractivity contribution is 6.16. The average molecular weight is 472 g/mol. The monoisotopic (exact) mass is 471 g/mol. The van der Waals surface area contributed by atoms with Gasteiger partial charge in [-0.1, -0.05) is 55.5 Å². The fraction of sp³-hybridized carbons (Fsp3) is 0.241. The van der Waals surface area contributed by atoms with Gasteiger partial charge in [0.15, 0.2) is 11.5 Å². The number of carbonyl (C=O) groups excluding carboxylic acids is 2. The quantitative estimate of drug-likeness (QED) is 0.417. The van der Waals surface area contributed by atoms with Crippen molar-refractivity contribution in [2.75, 3.05) is 18.6 Å². The normalized spacial score (nSPS) is 15.4. The molecular weight excluding hydrogens is 442 g/mol. The molecule has 1 amide bonds. The van der Waals surface area contributed by atoms with Crippen molar-refractivity contribution in [3.8, 4) is 11.5 Å². The Labute approximate surface area is 205 Å². The van der Waals surface area contributed by atoms with Crippen LogP contribution in [0.25, 0.3) is 0 Å². The minimum absolute atomic E-state index is 0.107. The summed E-state index contributed by atoms with van der Waals surface area (Å²) in [7, 11) is 1.55. The van der Waals surface area contributed by atoms with Crippen molar-refractivity contribution in [1.82, 2.24) is 0 Å². The van der Waals surface area contributed by atoms with Crippen LogP contribution < -0.4 is 14.4 Å². The van der Waals surface area contributed by atoms with Crippen LogP contribution in [0.5, 0.6) is 11.5 Å². The maximum absolute atomic E-state index is 13.4. The van der Waals surface area contributed by atoms with Gasteiger partial charge in [0.1, 0.15) is 11.5 Å². The summed E-state index contributed by atoms with van der Waals surface area (Å²) in [6.45, 7) is 2.63. The summed E-state index contributed by atoms with van der Waals surface area (Å²) in [5, 5.41) is 10.9. The van der Waals surface area contributed by atoms with E-state index in [9.17, 15) is 14.7 Å². The molecule has 0 radical (unpaired) electrons. The van der Waals surface area contributed by atoms with E-state index in [1.165, 1.54) is 4.90 Å². The second-order valence-corrected chi connectivity index (χ2v) is 8.37. The number of benzene rings is 3. The zero-order chi connectivity index (χ0) is 24.8. The van der Waals surface area contributed by atoms with E-state index in [1.54, 1.807) is 31.4 Å². The largest absolute Gasteiger partial charge is 0.503 e. The van der Waals surface area contributed by atoms with Crippen LogP contribution in [-0.2, 0) is 16.0 Å². The summed E-state index contributed by atoms with van der Waals surface area (Å²) in [4.78, 5) is 28.2. The first-order chi connectivity index (χ1) is 17.0. The third-order valence-electron chi connectivity index (χ3n) is 5.99. The molecule has 0 aliphatic carbocycles. The van der Waals surface area contributed by atoms with Crippen LogP contribution >= 0.6 is 0 Å². The fourth-order valence-electron chi connectivity index (χ4n) is 4.24. The Morgan fingerprint density at radius 1 is 0.971 bits per heavy atom. The number of rotatable bonds is 10. The minimum atomic E-state index is -0.766. The zero-order valence-electron chi connectivity index (χ0n) is 19.9. The Kier molecular flexibility index (Phi) is 7.51. The second kappa shape index (κ2) is 10.9. The number of amides is 1. The molecule has 3 aromatic carbocycles. The second-order valence-electron chi connectivity index (χ2n) is 8.37. The molecule has 0 fully saturated rings. The summed E-state index contributed by atoms with van der Waals surface area (Å²) in [6.07, 6.45) is 1.58. The molecule has 35 heavy (non-hydrogen) atoms. The van der Waals surface area contributed by atoms with Crippen LogP contribution in [0.15, 0.2) is 90.2 Å². The number of ether oxygens (including phenoxy) is 2. The van der Waals surface area contributed by atoms with Gasteiger partial charge in [0.05, 0.1) is 25.3 Å². The lowest BCUT2D eigenvalue weighted by Gasteiger charge is -2.27. The van der Waals surface area contributed by atoms with Gasteiger partial charge in [-0.25, -0.2) is 0 Å². The maximum Gasteiger partial charge on any atom is 0.294 e. The van der Waals surface area contributed by atoms with Crippen molar-refractivity contribution >= 4 is 17.4 Å². The minimum Gasteiger partial charge on any atom is -0.503 e. The summed E-state index contributed by atoms with van der Waals surface area (Å²) in [5.74, 6) is -0.111. The number of anilines is 1. The SMILES string of the molecule is CCCOc1ccc(C2C(C(=O)CCc3ccccc3)=C(O)C(=O)N2c2cccc(OC)c2)cc1. The topological polar surface area (TPSA) is 76.1 Å². The lowest BCUT2D eigenvalue weighted by atomic mass is 9.93. The van der Waals surface area contributed by atoms with Crippen LogP contribution in [-0.4, -0.2) is 30.5 Å². The van der Waals surface area contributed by atoms with Crippen LogP contribution in [0.1, 0.15) is 36.9 Å². The van der Waals surface area contributed by atoms with Crippen molar-refractivity contribution in [2.45, 2.75) is 32.2 Å². The highest BCUT2D eigenvalue weighted by atomic mass is 16.5. The van der Waals surface area contributed by atoms with Crippen LogP contribution in [0.3, 0.4) is 0 Å². The Morgan fingerprint density at radius 2 is 1.71 bits per heavy atom. The smallest absolute Gasteiger partial charge is 0.294 e. The van der Waals surface area contributed by atoms with Gasteiger partial charge in [0.2, 0.25) is 0 Å². The molecule has 3 aromatic rings. The van der Waals surface area contributed by atoms with Gasteiger partial charge < -0.3 is 14.6 Å². The maximum atomic E-state index is 13.4. The predicted molar refractivity (Wildman–Crippen MR) is 135 cm³/mol. The molecule has 0 saturated heterocycles. The third kappa shape index (κ3) is 5.22. The molecule has 1 aliphatic rings. The fourth-order valence-corrected chi connectivity index (χ4v) is 4.24. The molecule has 4 rings (SSSR count). The van der Waals surface area contributed by atoms with Crippen molar-refractivity contribution in [3.05, 3.63) is 101 Å². The molecule has 6 heteroatoms. The van der Waals surface area contributed by atoms with Gasteiger partial charge in [-0.05, 0) is 48.2 Å². The Balaban J connectivity index is 1.71. The summed E-state index contributed by atoms with van der Waals surface area (Å²) in [5.41, 5.74) is 2.36. The van der Waals surface area contributed by atoms with Gasteiger partial charge in [-0.2, -0.15) is 0 Å². The van der Waals surface area contributed by atoms with Gasteiger partial charge in [0, 0.05) is 18.2 Å². The predicted octanol–water partition coefficient (Wildman–Crippen LogP) is 5.59. The van der Waals surface area contributed by atoms with Crippen molar-refractivity contribution in [1.29, 1.82) is 0 Å². The molecule has 1 heterocycles. The number of hydrogen-bond acceptors (Lipinski definition) is 5. The number of aliphatic hydroxyl groups is 1. The first-order valence-electron chi connectivity index (χ1n) is 11.7.